The zero-order valence-electron chi connectivity index (χ0n) is 9.37. The lowest BCUT2D eigenvalue weighted by Gasteiger charge is -2.19. The van der Waals surface area contributed by atoms with Gasteiger partial charge in [0.2, 0.25) is 0 Å². The van der Waals surface area contributed by atoms with E-state index >= 15 is 0 Å². The van der Waals surface area contributed by atoms with E-state index in [0.29, 0.717) is 5.92 Å². The second-order valence-corrected chi connectivity index (χ2v) is 3.99. The highest BCUT2D eigenvalue weighted by Gasteiger charge is 2.13. The zero-order valence-corrected chi connectivity index (χ0v) is 9.37. The van der Waals surface area contributed by atoms with Crippen LogP contribution in [0, 0.1) is 12.8 Å². The summed E-state index contributed by atoms with van der Waals surface area (Å²) >= 11 is 0. The molecule has 0 aliphatic carbocycles. The molecule has 0 bridgehead atoms. The highest BCUT2D eigenvalue weighted by Crippen LogP contribution is 2.25. The van der Waals surface area contributed by atoms with Crippen molar-refractivity contribution in [1.82, 2.24) is 0 Å². The van der Waals surface area contributed by atoms with Crippen molar-refractivity contribution in [1.29, 1.82) is 0 Å². The van der Waals surface area contributed by atoms with Gasteiger partial charge in [-0.15, -0.1) is 0 Å². The number of nitrogens with two attached hydrogens (primary N) is 1. The lowest BCUT2D eigenvalue weighted by molar-refractivity contribution is 0.412. The van der Waals surface area contributed by atoms with Crippen LogP contribution in [0.1, 0.15) is 31.0 Å². The highest BCUT2D eigenvalue weighted by molar-refractivity contribution is 5.36. The molecule has 1 aromatic carbocycles. The molecular formula is C12H19NO. The molecule has 0 aliphatic heterocycles. The van der Waals surface area contributed by atoms with Crippen molar-refractivity contribution in [2.24, 2.45) is 11.7 Å². The summed E-state index contributed by atoms with van der Waals surface area (Å²) in [6.07, 6.45) is 0. The van der Waals surface area contributed by atoms with Gasteiger partial charge in [-0.3, -0.25) is 0 Å². The van der Waals surface area contributed by atoms with Crippen molar-refractivity contribution < 1.29 is 4.74 Å². The van der Waals surface area contributed by atoms with Crippen LogP contribution in [0.5, 0.6) is 5.75 Å². The lowest BCUT2D eigenvalue weighted by atomic mass is 9.93. The zero-order chi connectivity index (χ0) is 10.7. The van der Waals surface area contributed by atoms with Gasteiger partial charge < -0.3 is 10.5 Å². The smallest absolute Gasteiger partial charge is 0.119 e. The van der Waals surface area contributed by atoms with E-state index in [1.165, 1.54) is 11.1 Å². The predicted molar refractivity (Wildman–Crippen MR) is 59.5 cm³/mol. The first-order chi connectivity index (χ1) is 6.56. The molecule has 1 unspecified atom stereocenters. The van der Waals surface area contributed by atoms with Crippen LogP contribution in [0.25, 0.3) is 0 Å². The van der Waals surface area contributed by atoms with Crippen molar-refractivity contribution in [2.45, 2.75) is 26.8 Å². The van der Waals surface area contributed by atoms with E-state index in [1.54, 1.807) is 7.11 Å². The fourth-order valence-electron chi connectivity index (χ4n) is 1.46. The average Bonchev–Trinajstić information content (AvgIpc) is 2.17. The lowest BCUT2D eigenvalue weighted by Crippen LogP contribution is -2.17. The third-order valence-electron chi connectivity index (χ3n) is 2.56. The fourth-order valence-corrected chi connectivity index (χ4v) is 1.46. The summed E-state index contributed by atoms with van der Waals surface area (Å²) in [6.45, 7) is 6.34. The molecule has 0 spiro atoms. The summed E-state index contributed by atoms with van der Waals surface area (Å²) in [4.78, 5) is 0. The topological polar surface area (TPSA) is 35.2 Å². The monoisotopic (exact) mass is 193 g/mol. The molecule has 2 N–H and O–H groups in total. The van der Waals surface area contributed by atoms with Crippen molar-refractivity contribution in [3.8, 4) is 5.75 Å². The van der Waals surface area contributed by atoms with Crippen LogP contribution in [0.2, 0.25) is 0 Å². The summed E-state index contributed by atoms with van der Waals surface area (Å²) in [6, 6.07) is 6.13. The molecule has 0 saturated heterocycles. The van der Waals surface area contributed by atoms with Crippen molar-refractivity contribution >= 4 is 0 Å². The molecule has 78 valence electrons. The first-order valence-electron chi connectivity index (χ1n) is 4.96. The van der Waals surface area contributed by atoms with Gasteiger partial charge in [-0.05, 0) is 36.1 Å². The second-order valence-electron chi connectivity index (χ2n) is 3.99. The van der Waals surface area contributed by atoms with Crippen LogP contribution in [0.3, 0.4) is 0 Å². The van der Waals surface area contributed by atoms with Gasteiger partial charge in [0.1, 0.15) is 5.75 Å². The van der Waals surface area contributed by atoms with Gasteiger partial charge in [-0.25, -0.2) is 0 Å². The molecule has 2 nitrogen and oxygen atoms in total. The van der Waals surface area contributed by atoms with Crippen LogP contribution in [0.15, 0.2) is 18.2 Å². The Bertz CT molecular complexity index is 307. The van der Waals surface area contributed by atoms with Crippen molar-refractivity contribution in [2.75, 3.05) is 7.11 Å². The number of rotatable bonds is 3. The summed E-state index contributed by atoms with van der Waals surface area (Å²) in [7, 11) is 1.68. The number of hydrogen-bond donors (Lipinski definition) is 1. The Labute approximate surface area is 86.1 Å². The van der Waals surface area contributed by atoms with E-state index in [0.717, 1.165) is 5.75 Å². The first-order valence-corrected chi connectivity index (χ1v) is 4.96. The minimum atomic E-state index is 0.0881. The van der Waals surface area contributed by atoms with Crippen LogP contribution < -0.4 is 10.5 Å². The average molecular weight is 193 g/mol. The molecule has 0 saturated carbocycles. The quantitative estimate of drug-likeness (QED) is 0.801. The summed E-state index contributed by atoms with van der Waals surface area (Å²) in [5.41, 5.74) is 8.52. The Balaban J connectivity index is 3.05. The van der Waals surface area contributed by atoms with Gasteiger partial charge in [0.05, 0.1) is 7.11 Å². The fraction of sp³-hybridized carbons (Fsp3) is 0.500. The van der Waals surface area contributed by atoms with Crippen molar-refractivity contribution in [3.05, 3.63) is 29.3 Å². The predicted octanol–water partition coefficient (Wildman–Crippen LogP) is 2.66. The van der Waals surface area contributed by atoms with Gasteiger partial charge >= 0.3 is 0 Å². The number of methoxy groups -OCH3 is 1. The molecule has 0 heterocycles. The van der Waals surface area contributed by atoms with E-state index in [9.17, 15) is 0 Å². The van der Waals surface area contributed by atoms with Crippen LogP contribution in [-0.4, -0.2) is 7.11 Å². The Morgan fingerprint density at radius 2 is 1.93 bits per heavy atom. The molecule has 0 amide bonds. The van der Waals surface area contributed by atoms with Crippen molar-refractivity contribution in [3.63, 3.8) is 0 Å². The molecule has 1 aromatic rings. The molecule has 2 heteroatoms. The van der Waals surface area contributed by atoms with Crippen LogP contribution in [0.4, 0.5) is 0 Å². The van der Waals surface area contributed by atoms with Gasteiger partial charge in [0.25, 0.3) is 0 Å². The van der Waals surface area contributed by atoms with Crippen LogP contribution >= 0.6 is 0 Å². The van der Waals surface area contributed by atoms with E-state index in [4.69, 9.17) is 10.5 Å². The first kappa shape index (κ1) is 11.1. The molecule has 0 aliphatic rings. The normalized spacial score (nSPS) is 13.0. The van der Waals surface area contributed by atoms with Gasteiger partial charge in [0.15, 0.2) is 0 Å². The third-order valence-corrected chi connectivity index (χ3v) is 2.56. The Kier molecular flexibility index (Phi) is 3.53. The molecule has 1 rings (SSSR count). The second kappa shape index (κ2) is 4.47. The summed E-state index contributed by atoms with van der Waals surface area (Å²) in [5.74, 6) is 1.32. The Morgan fingerprint density at radius 1 is 1.29 bits per heavy atom. The van der Waals surface area contributed by atoms with Gasteiger partial charge in [0, 0.05) is 6.04 Å². The largest absolute Gasteiger partial charge is 0.497 e. The number of benzene rings is 1. The summed E-state index contributed by atoms with van der Waals surface area (Å²) < 4.78 is 5.18. The molecular weight excluding hydrogens is 174 g/mol. The van der Waals surface area contributed by atoms with E-state index in [1.807, 2.05) is 12.1 Å². The van der Waals surface area contributed by atoms with E-state index < -0.39 is 0 Å². The summed E-state index contributed by atoms with van der Waals surface area (Å²) in [5, 5.41) is 0. The molecule has 0 radical (unpaired) electrons. The number of hydrogen-bond acceptors (Lipinski definition) is 2. The minimum absolute atomic E-state index is 0.0881. The van der Waals surface area contributed by atoms with Gasteiger partial charge in [-0.1, -0.05) is 19.9 Å². The molecule has 1 atom stereocenters. The minimum Gasteiger partial charge on any atom is -0.497 e. The third kappa shape index (κ3) is 2.26. The number of ether oxygens (including phenoxy) is 1. The number of aryl methyl sites for hydroxylation is 1. The maximum absolute atomic E-state index is 6.11. The highest BCUT2D eigenvalue weighted by atomic mass is 16.5. The molecule has 0 fully saturated rings. The Morgan fingerprint density at radius 3 is 2.43 bits per heavy atom. The Hall–Kier alpha value is -1.02. The van der Waals surface area contributed by atoms with E-state index in [2.05, 4.69) is 26.8 Å². The van der Waals surface area contributed by atoms with E-state index in [-0.39, 0.29) is 6.04 Å². The molecule has 0 aromatic heterocycles. The molecule has 14 heavy (non-hydrogen) atoms. The maximum Gasteiger partial charge on any atom is 0.119 e. The SMILES string of the molecule is COc1ccc(C)c(C(N)C(C)C)c1. The maximum atomic E-state index is 6.11. The van der Waals surface area contributed by atoms with Crippen LogP contribution in [-0.2, 0) is 0 Å². The standard InChI is InChI=1S/C12H19NO/c1-8(2)12(13)11-7-10(14-4)6-5-9(11)3/h5-8,12H,13H2,1-4H3. The van der Waals surface area contributed by atoms with Gasteiger partial charge in [-0.2, -0.15) is 0 Å².